The molecule has 1 aromatic heterocycles. The standard InChI is InChI=1S/C16H26N4O/c1-16(2,3)20-14(21)6-4-5-12(17)15(20)13-9-18-10-19(13)11-7-8-11/h9-12,15H,4-8,17H2,1-3H3. The second-order valence-electron chi connectivity index (χ2n) is 7.39. The molecule has 1 aromatic rings. The summed E-state index contributed by atoms with van der Waals surface area (Å²) in [5.41, 5.74) is 7.35. The maximum atomic E-state index is 12.6. The third-order valence-electron chi connectivity index (χ3n) is 4.54. The first-order valence-corrected chi connectivity index (χ1v) is 7.99. The van der Waals surface area contributed by atoms with Crippen LogP contribution >= 0.6 is 0 Å². The predicted molar refractivity (Wildman–Crippen MR) is 81.7 cm³/mol. The van der Waals surface area contributed by atoms with Crippen LogP contribution in [-0.2, 0) is 4.79 Å². The highest BCUT2D eigenvalue weighted by Gasteiger charge is 2.41. The average molecular weight is 290 g/mol. The molecule has 0 spiro atoms. The number of amides is 1. The zero-order chi connectivity index (χ0) is 15.2. The van der Waals surface area contributed by atoms with Crippen molar-refractivity contribution in [3.63, 3.8) is 0 Å². The molecule has 1 saturated carbocycles. The highest BCUT2D eigenvalue weighted by atomic mass is 16.2. The molecule has 2 unspecified atom stereocenters. The van der Waals surface area contributed by atoms with Crippen LogP contribution in [0.3, 0.4) is 0 Å². The molecule has 0 radical (unpaired) electrons. The summed E-state index contributed by atoms with van der Waals surface area (Å²) in [6, 6.07) is 0.461. The van der Waals surface area contributed by atoms with Crippen molar-refractivity contribution in [3.8, 4) is 0 Å². The van der Waals surface area contributed by atoms with Crippen LogP contribution in [0, 0.1) is 0 Å². The molecule has 2 heterocycles. The van der Waals surface area contributed by atoms with Gasteiger partial charge in [-0.2, -0.15) is 0 Å². The Morgan fingerprint density at radius 1 is 1.29 bits per heavy atom. The van der Waals surface area contributed by atoms with Crippen LogP contribution in [0.5, 0.6) is 0 Å². The third kappa shape index (κ3) is 2.71. The van der Waals surface area contributed by atoms with Gasteiger partial charge in [0.05, 0.1) is 24.3 Å². The van der Waals surface area contributed by atoms with Crippen molar-refractivity contribution in [3.05, 3.63) is 18.2 Å². The van der Waals surface area contributed by atoms with Gasteiger partial charge in [0.25, 0.3) is 0 Å². The van der Waals surface area contributed by atoms with E-state index in [0.717, 1.165) is 18.5 Å². The van der Waals surface area contributed by atoms with E-state index in [1.54, 1.807) is 0 Å². The van der Waals surface area contributed by atoms with Crippen LogP contribution in [0.15, 0.2) is 12.5 Å². The van der Waals surface area contributed by atoms with Crippen LogP contribution in [0.2, 0.25) is 0 Å². The molecule has 116 valence electrons. The van der Waals surface area contributed by atoms with E-state index in [4.69, 9.17) is 5.73 Å². The fourth-order valence-corrected chi connectivity index (χ4v) is 3.46. The van der Waals surface area contributed by atoms with Gasteiger partial charge in [-0.05, 0) is 46.5 Å². The van der Waals surface area contributed by atoms with Gasteiger partial charge in [-0.25, -0.2) is 4.98 Å². The number of hydrogen-bond acceptors (Lipinski definition) is 3. The minimum Gasteiger partial charge on any atom is -0.330 e. The monoisotopic (exact) mass is 290 g/mol. The maximum absolute atomic E-state index is 12.6. The molecule has 2 atom stereocenters. The van der Waals surface area contributed by atoms with Gasteiger partial charge in [0.1, 0.15) is 0 Å². The topological polar surface area (TPSA) is 64.2 Å². The van der Waals surface area contributed by atoms with Gasteiger partial charge in [-0.1, -0.05) is 0 Å². The molecule has 2 aliphatic rings. The van der Waals surface area contributed by atoms with E-state index in [2.05, 4.69) is 30.3 Å². The number of carbonyl (C=O) groups excluding carboxylic acids is 1. The number of nitrogens with two attached hydrogens (primary N) is 1. The first kappa shape index (κ1) is 14.6. The lowest BCUT2D eigenvalue weighted by molar-refractivity contribution is -0.139. The summed E-state index contributed by atoms with van der Waals surface area (Å²) < 4.78 is 2.24. The molecule has 5 heteroatoms. The van der Waals surface area contributed by atoms with E-state index in [1.807, 2.05) is 17.4 Å². The minimum absolute atomic E-state index is 0.0233. The minimum atomic E-state index is -0.234. The van der Waals surface area contributed by atoms with Crippen molar-refractivity contribution < 1.29 is 4.79 Å². The Morgan fingerprint density at radius 2 is 2.00 bits per heavy atom. The Kier molecular flexibility index (Phi) is 3.56. The van der Waals surface area contributed by atoms with Crippen LogP contribution in [-0.4, -0.2) is 31.9 Å². The molecule has 5 nitrogen and oxygen atoms in total. The molecular weight excluding hydrogens is 264 g/mol. The zero-order valence-electron chi connectivity index (χ0n) is 13.2. The predicted octanol–water partition coefficient (Wildman–Crippen LogP) is 2.40. The van der Waals surface area contributed by atoms with Crippen molar-refractivity contribution in [2.75, 3.05) is 0 Å². The van der Waals surface area contributed by atoms with E-state index >= 15 is 0 Å². The molecule has 3 rings (SSSR count). The summed E-state index contributed by atoms with van der Waals surface area (Å²) in [6.45, 7) is 6.27. The summed E-state index contributed by atoms with van der Waals surface area (Å²) in [6.07, 6.45) is 8.57. The van der Waals surface area contributed by atoms with Gasteiger partial charge in [0, 0.05) is 24.0 Å². The van der Waals surface area contributed by atoms with Crippen LogP contribution < -0.4 is 5.73 Å². The Labute approximate surface area is 126 Å². The Bertz CT molecular complexity index is 527. The maximum Gasteiger partial charge on any atom is 0.223 e. The summed E-state index contributed by atoms with van der Waals surface area (Å²) in [5.74, 6) is 0.212. The van der Waals surface area contributed by atoms with Gasteiger partial charge in [-0.3, -0.25) is 4.79 Å². The van der Waals surface area contributed by atoms with Crippen molar-refractivity contribution in [2.45, 2.75) is 76.5 Å². The Balaban J connectivity index is 2.04. The lowest BCUT2D eigenvalue weighted by Crippen LogP contribution is -2.52. The first-order valence-electron chi connectivity index (χ1n) is 7.99. The first-order chi connectivity index (χ1) is 9.89. The smallest absolute Gasteiger partial charge is 0.223 e. The van der Waals surface area contributed by atoms with Gasteiger partial charge >= 0.3 is 0 Å². The molecule has 1 aliphatic carbocycles. The lowest BCUT2D eigenvalue weighted by atomic mass is 9.96. The largest absolute Gasteiger partial charge is 0.330 e. The molecule has 1 saturated heterocycles. The summed E-state index contributed by atoms with van der Waals surface area (Å²) in [5, 5.41) is 0. The van der Waals surface area contributed by atoms with E-state index in [1.165, 1.54) is 12.8 Å². The van der Waals surface area contributed by atoms with E-state index in [9.17, 15) is 4.79 Å². The molecule has 1 aliphatic heterocycles. The molecule has 0 aromatic carbocycles. The molecule has 2 N–H and O–H groups in total. The second kappa shape index (κ2) is 5.13. The molecule has 1 amide bonds. The fraction of sp³-hybridized carbons (Fsp3) is 0.750. The van der Waals surface area contributed by atoms with Crippen molar-refractivity contribution in [1.29, 1.82) is 0 Å². The van der Waals surface area contributed by atoms with E-state index < -0.39 is 0 Å². The van der Waals surface area contributed by atoms with Crippen LogP contribution in [0.4, 0.5) is 0 Å². The lowest BCUT2D eigenvalue weighted by Gasteiger charge is -2.43. The molecular formula is C16H26N4O. The number of imidazole rings is 1. The Hall–Kier alpha value is -1.36. The van der Waals surface area contributed by atoms with Crippen molar-refractivity contribution in [2.24, 2.45) is 5.73 Å². The van der Waals surface area contributed by atoms with Gasteiger partial charge in [-0.15, -0.1) is 0 Å². The van der Waals surface area contributed by atoms with Gasteiger partial charge < -0.3 is 15.2 Å². The van der Waals surface area contributed by atoms with E-state index in [-0.39, 0.29) is 23.5 Å². The number of likely N-dealkylation sites (tertiary alicyclic amines) is 1. The third-order valence-corrected chi connectivity index (χ3v) is 4.54. The highest BCUT2D eigenvalue weighted by molar-refractivity contribution is 5.78. The van der Waals surface area contributed by atoms with Crippen molar-refractivity contribution >= 4 is 5.91 Å². The summed E-state index contributed by atoms with van der Waals surface area (Å²) in [7, 11) is 0. The average Bonchev–Trinajstić information content (AvgIpc) is 3.14. The molecule has 0 bridgehead atoms. The SMILES string of the molecule is CC(C)(C)N1C(=O)CCCC(N)C1c1cncn1C1CC1. The quantitative estimate of drug-likeness (QED) is 0.909. The Morgan fingerprint density at radius 3 is 2.62 bits per heavy atom. The molecule has 2 fully saturated rings. The van der Waals surface area contributed by atoms with Crippen LogP contribution in [0.25, 0.3) is 0 Å². The zero-order valence-corrected chi connectivity index (χ0v) is 13.2. The second-order valence-corrected chi connectivity index (χ2v) is 7.39. The number of aromatic nitrogens is 2. The number of carbonyl (C=O) groups is 1. The van der Waals surface area contributed by atoms with Gasteiger partial charge in [0.15, 0.2) is 0 Å². The molecule has 21 heavy (non-hydrogen) atoms. The van der Waals surface area contributed by atoms with Gasteiger partial charge in [0.2, 0.25) is 5.91 Å². The number of nitrogens with zero attached hydrogens (tertiary/aromatic N) is 3. The summed E-state index contributed by atoms with van der Waals surface area (Å²) in [4.78, 5) is 19.0. The number of hydrogen-bond donors (Lipinski definition) is 1. The summed E-state index contributed by atoms with van der Waals surface area (Å²) >= 11 is 0. The van der Waals surface area contributed by atoms with E-state index in [0.29, 0.717) is 12.5 Å². The van der Waals surface area contributed by atoms with Crippen molar-refractivity contribution in [1.82, 2.24) is 14.5 Å². The fourth-order valence-electron chi connectivity index (χ4n) is 3.46. The highest BCUT2D eigenvalue weighted by Crippen LogP contribution is 2.41. The normalized spacial score (nSPS) is 27.8. The van der Waals surface area contributed by atoms with Crippen LogP contribution in [0.1, 0.15) is 70.7 Å². The number of rotatable bonds is 2.